The third kappa shape index (κ3) is 3.01. The molecule has 0 aromatic rings. The van der Waals surface area contributed by atoms with Gasteiger partial charge >= 0.3 is 0 Å². The van der Waals surface area contributed by atoms with E-state index < -0.39 is 0 Å². The van der Waals surface area contributed by atoms with E-state index in [0.717, 1.165) is 38.9 Å². The Balaban J connectivity index is 2.03. The summed E-state index contributed by atoms with van der Waals surface area (Å²) in [6.45, 7) is 2.26. The summed E-state index contributed by atoms with van der Waals surface area (Å²) in [5, 5.41) is 10.7. The van der Waals surface area contributed by atoms with Crippen molar-refractivity contribution >= 4 is 0 Å². The highest BCUT2D eigenvalue weighted by Gasteiger charge is 2.41. The van der Waals surface area contributed by atoms with Crippen molar-refractivity contribution in [2.75, 3.05) is 19.8 Å². The molecule has 3 N–H and O–H groups in total. The summed E-state index contributed by atoms with van der Waals surface area (Å²) in [4.78, 5) is 0. The van der Waals surface area contributed by atoms with Gasteiger partial charge in [0.2, 0.25) is 0 Å². The van der Waals surface area contributed by atoms with Crippen LogP contribution in [-0.4, -0.2) is 31.0 Å². The van der Waals surface area contributed by atoms with Gasteiger partial charge in [0, 0.05) is 25.2 Å². The third-order valence-corrected chi connectivity index (χ3v) is 4.85. The average Bonchev–Trinajstić information content (AvgIpc) is 2.65. The van der Waals surface area contributed by atoms with Crippen molar-refractivity contribution in [1.82, 2.24) is 0 Å². The van der Waals surface area contributed by atoms with Crippen LogP contribution in [0.4, 0.5) is 0 Å². The molecule has 100 valence electrons. The van der Waals surface area contributed by atoms with Crippen LogP contribution in [0.15, 0.2) is 0 Å². The predicted molar refractivity (Wildman–Crippen MR) is 68.7 cm³/mol. The van der Waals surface area contributed by atoms with Crippen molar-refractivity contribution in [3.63, 3.8) is 0 Å². The minimum absolute atomic E-state index is 0.00148. The van der Waals surface area contributed by atoms with Gasteiger partial charge in [0.1, 0.15) is 0 Å². The molecular weight excluding hydrogens is 214 g/mol. The second-order valence-corrected chi connectivity index (χ2v) is 5.88. The van der Waals surface area contributed by atoms with E-state index in [4.69, 9.17) is 10.5 Å². The maximum absolute atomic E-state index is 10.7. The lowest BCUT2D eigenvalue weighted by atomic mass is 9.69. The molecule has 1 atom stereocenters. The Morgan fingerprint density at radius 2 is 1.71 bits per heavy atom. The largest absolute Gasteiger partial charge is 0.392 e. The monoisotopic (exact) mass is 241 g/mol. The molecule has 0 spiro atoms. The second-order valence-electron chi connectivity index (χ2n) is 5.88. The first-order chi connectivity index (χ1) is 8.28. The summed E-state index contributed by atoms with van der Waals surface area (Å²) < 4.78 is 5.39. The molecule has 17 heavy (non-hydrogen) atoms. The molecule has 1 saturated heterocycles. The zero-order chi connectivity index (χ0) is 12.1. The van der Waals surface area contributed by atoms with Gasteiger partial charge in [-0.05, 0) is 31.6 Å². The molecule has 0 aromatic heterocycles. The summed E-state index contributed by atoms with van der Waals surface area (Å²) in [6, 6.07) is 0. The number of aliphatic hydroxyl groups excluding tert-OH is 1. The lowest BCUT2D eigenvalue weighted by Gasteiger charge is -2.41. The molecular formula is C14H27NO2. The Hall–Kier alpha value is -0.120. The van der Waals surface area contributed by atoms with Crippen LogP contribution in [0.2, 0.25) is 0 Å². The number of hydrogen-bond donors (Lipinski definition) is 2. The lowest BCUT2D eigenvalue weighted by Crippen LogP contribution is -2.46. The van der Waals surface area contributed by atoms with Gasteiger partial charge in [0.15, 0.2) is 0 Å². The van der Waals surface area contributed by atoms with E-state index in [9.17, 15) is 5.11 Å². The van der Waals surface area contributed by atoms with Crippen molar-refractivity contribution in [2.24, 2.45) is 17.1 Å². The first-order valence-corrected chi connectivity index (χ1v) is 7.24. The van der Waals surface area contributed by atoms with Crippen LogP contribution in [0.1, 0.15) is 51.4 Å². The fraction of sp³-hybridized carbons (Fsp3) is 1.00. The van der Waals surface area contributed by atoms with E-state index in [1.165, 1.54) is 25.7 Å². The van der Waals surface area contributed by atoms with Crippen LogP contribution in [0.5, 0.6) is 0 Å². The highest BCUT2D eigenvalue weighted by Crippen LogP contribution is 2.41. The van der Waals surface area contributed by atoms with Gasteiger partial charge < -0.3 is 15.6 Å². The Morgan fingerprint density at radius 1 is 1.12 bits per heavy atom. The zero-order valence-electron chi connectivity index (χ0n) is 10.9. The van der Waals surface area contributed by atoms with E-state index >= 15 is 0 Å². The van der Waals surface area contributed by atoms with E-state index in [-0.39, 0.29) is 11.5 Å². The summed E-state index contributed by atoms with van der Waals surface area (Å²) in [7, 11) is 0. The van der Waals surface area contributed by atoms with Gasteiger partial charge in [-0.2, -0.15) is 0 Å². The Labute approximate surface area is 105 Å². The van der Waals surface area contributed by atoms with Gasteiger partial charge in [0.05, 0.1) is 6.10 Å². The summed E-state index contributed by atoms with van der Waals surface area (Å²) in [5.41, 5.74) is 6.02. The summed E-state index contributed by atoms with van der Waals surface area (Å²) in [6.07, 6.45) is 9.10. The van der Waals surface area contributed by atoms with Crippen LogP contribution in [0.3, 0.4) is 0 Å². The molecule has 1 aliphatic carbocycles. The van der Waals surface area contributed by atoms with Crippen molar-refractivity contribution in [1.29, 1.82) is 0 Å². The molecule has 0 bridgehead atoms. The average molecular weight is 241 g/mol. The number of rotatable bonds is 3. The minimum atomic E-state index is -0.213. The zero-order valence-corrected chi connectivity index (χ0v) is 10.9. The molecule has 2 aliphatic rings. The molecule has 1 heterocycles. The van der Waals surface area contributed by atoms with Crippen LogP contribution < -0.4 is 5.73 Å². The number of ether oxygens (including phenoxy) is 1. The highest BCUT2D eigenvalue weighted by atomic mass is 16.5. The van der Waals surface area contributed by atoms with Crippen molar-refractivity contribution < 1.29 is 9.84 Å². The van der Waals surface area contributed by atoms with E-state index in [0.29, 0.717) is 12.5 Å². The molecule has 3 heteroatoms. The van der Waals surface area contributed by atoms with Crippen molar-refractivity contribution in [2.45, 2.75) is 57.5 Å². The van der Waals surface area contributed by atoms with Crippen LogP contribution in [-0.2, 0) is 4.74 Å². The van der Waals surface area contributed by atoms with Gasteiger partial charge in [-0.25, -0.2) is 0 Å². The Morgan fingerprint density at radius 3 is 2.24 bits per heavy atom. The molecule has 1 unspecified atom stereocenters. The Kier molecular flexibility index (Phi) is 4.83. The fourth-order valence-electron chi connectivity index (χ4n) is 3.58. The minimum Gasteiger partial charge on any atom is -0.392 e. The quantitative estimate of drug-likeness (QED) is 0.744. The van der Waals surface area contributed by atoms with Gasteiger partial charge in [0.25, 0.3) is 0 Å². The SMILES string of the molecule is NCC1(C(O)C2CCOCC2)CCCCCC1. The fourth-order valence-corrected chi connectivity index (χ4v) is 3.58. The Bertz CT molecular complexity index is 218. The first kappa shape index (κ1) is 13.3. The summed E-state index contributed by atoms with van der Waals surface area (Å²) in [5.74, 6) is 0.408. The van der Waals surface area contributed by atoms with Crippen LogP contribution >= 0.6 is 0 Å². The van der Waals surface area contributed by atoms with Gasteiger partial charge in [-0.15, -0.1) is 0 Å². The maximum Gasteiger partial charge on any atom is 0.0638 e. The van der Waals surface area contributed by atoms with Crippen molar-refractivity contribution in [3.8, 4) is 0 Å². The second kappa shape index (κ2) is 6.17. The normalized spacial score (nSPS) is 28.6. The van der Waals surface area contributed by atoms with E-state index in [1.54, 1.807) is 0 Å². The third-order valence-electron chi connectivity index (χ3n) is 4.85. The van der Waals surface area contributed by atoms with E-state index in [1.807, 2.05) is 0 Å². The number of aliphatic hydroxyl groups is 1. The topological polar surface area (TPSA) is 55.5 Å². The number of hydrogen-bond acceptors (Lipinski definition) is 3. The molecule has 2 rings (SSSR count). The van der Waals surface area contributed by atoms with Crippen LogP contribution in [0, 0.1) is 11.3 Å². The maximum atomic E-state index is 10.7. The standard InChI is InChI=1S/C14H27NO2/c15-11-14(7-3-1-2-4-8-14)13(16)12-5-9-17-10-6-12/h12-13,16H,1-11,15H2. The van der Waals surface area contributed by atoms with Gasteiger partial charge in [-0.3, -0.25) is 0 Å². The molecule has 0 amide bonds. The molecule has 1 saturated carbocycles. The highest BCUT2D eigenvalue weighted by molar-refractivity contribution is 4.92. The van der Waals surface area contributed by atoms with Gasteiger partial charge in [-0.1, -0.05) is 25.7 Å². The molecule has 2 fully saturated rings. The van der Waals surface area contributed by atoms with Crippen LogP contribution in [0.25, 0.3) is 0 Å². The van der Waals surface area contributed by atoms with E-state index in [2.05, 4.69) is 0 Å². The molecule has 1 aliphatic heterocycles. The van der Waals surface area contributed by atoms with Crippen molar-refractivity contribution in [3.05, 3.63) is 0 Å². The summed E-state index contributed by atoms with van der Waals surface area (Å²) >= 11 is 0. The molecule has 0 radical (unpaired) electrons. The lowest BCUT2D eigenvalue weighted by molar-refractivity contribution is -0.0617. The molecule has 0 aromatic carbocycles. The predicted octanol–water partition coefficient (Wildman–Crippen LogP) is 2.07. The molecule has 3 nitrogen and oxygen atoms in total. The first-order valence-electron chi connectivity index (χ1n) is 7.24. The number of nitrogens with two attached hydrogens (primary N) is 1. The smallest absolute Gasteiger partial charge is 0.0638 e.